The van der Waals surface area contributed by atoms with Gasteiger partial charge in [0.1, 0.15) is 28.8 Å². The molecule has 0 bridgehead atoms. The van der Waals surface area contributed by atoms with E-state index in [2.05, 4.69) is 15.3 Å². The number of aliphatic hydroxyl groups is 2. The molecule has 5 N–H and O–H groups in total. The number of amides is 1. The highest BCUT2D eigenvalue weighted by Gasteiger charge is 2.43. The minimum Gasteiger partial charge on any atom is -0.390 e. The summed E-state index contributed by atoms with van der Waals surface area (Å²) in [5.41, 5.74) is -1.50. The van der Waals surface area contributed by atoms with Gasteiger partial charge in [-0.25, -0.2) is 18.2 Å². The van der Waals surface area contributed by atoms with E-state index in [-0.39, 0.29) is 41.4 Å². The maximum Gasteiger partial charge on any atom is 0.274 e. The molecule has 0 radical (unpaired) electrons. The van der Waals surface area contributed by atoms with Crippen molar-refractivity contribution in [2.45, 2.75) is 63.1 Å². The SMILES string of the molecule is C[C@H]1C[C@@H](c2ccncc2NC(=O)c2ccc(F)c(-c3c(F)cc(C4CCS(O)(O)CC4)cc3F)n2)C[C@@H](O)[C@@]1(C)O. The van der Waals surface area contributed by atoms with Gasteiger partial charge in [-0.3, -0.25) is 18.9 Å². The molecule has 0 spiro atoms. The smallest absolute Gasteiger partial charge is 0.274 e. The van der Waals surface area contributed by atoms with Gasteiger partial charge in [0.25, 0.3) is 5.91 Å². The molecular weight excluding hydrogens is 571 g/mol. The van der Waals surface area contributed by atoms with Gasteiger partial charge in [-0.2, -0.15) is 10.6 Å². The zero-order valence-electron chi connectivity index (χ0n) is 23.2. The van der Waals surface area contributed by atoms with Crippen LogP contribution in [-0.2, 0) is 0 Å². The fraction of sp³-hybridized carbons (Fsp3) is 0.433. The number of anilines is 1. The number of nitrogens with zero attached hydrogens (tertiary/aromatic N) is 2. The molecular formula is C30H34F3N3O5S. The lowest BCUT2D eigenvalue weighted by molar-refractivity contribution is -0.123. The molecule has 2 aliphatic rings. The second-order valence-corrected chi connectivity index (χ2v) is 14.0. The van der Waals surface area contributed by atoms with Crippen molar-refractivity contribution in [3.05, 3.63) is 77.0 Å². The highest BCUT2D eigenvalue weighted by molar-refractivity contribution is 8.24. The van der Waals surface area contributed by atoms with Crippen molar-refractivity contribution in [3.63, 3.8) is 0 Å². The van der Waals surface area contributed by atoms with Gasteiger partial charge in [-0.1, -0.05) is 6.92 Å². The first kappa shape index (κ1) is 30.4. The molecule has 3 aromatic rings. The van der Waals surface area contributed by atoms with Crippen LogP contribution in [0.4, 0.5) is 18.9 Å². The molecule has 2 aromatic heterocycles. The van der Waals surface area contributed by atoms with Crippen LogP contribution in [0.3, 0.4) is 0 Å². The molecule has 42 heavy (non-hydrogen) atoms. The lowest BCUT2D eigenvalue weighted by Crippen LogP contribution is -2.49. The third-order valence-corrected chi connectivity index (χ3v) is 10.6. The van der Waals surface area contributed by atoms with E-state index >= 15 is 8.78 Å². The largest absolute Gasteiger partial charge is 0.390 e. The molecule has 3 heterocycles. The molecule has 2 fully saturated rings. The van der Waals surface area contributed by atoms with Crippen LogP contribution >= 0.6 is 10.6 Å². The van der Waals surface area contributed by atoms with Crippen LogP contribution in [0.2, 0.25) is 0 Å². The number of aliphatic hydroxyl groups excluding tert-OH is 1. The molecule has 8 nitrogen and oxygen atoms in total. The van der Waals surface area contributed by atoms with Crippen molar-refractivity contribution in [1.29, 1.82) is 0 Å². The molecule has 12 heteroatoms. The van der Waals surface area contributed by atoms with Gasteiger partial charge in [-0.05, 0) is 91.8 Å². The number of hydrogen-bond donors (Lipinski definition) is 5. The van der Waals surface area contributed by atoms with E-state index in [9.17, 15) is 28.5 Å². The monoisotopic (exact) mass is 605 g/mol. The van der Waals surface area contributed by atoms with Crippen LogP contribution < -0.4 is 5.32 Å². The van der Waals surface area contributed by atoms with Gasteiger partial charge < -0.3 is 15.5 Å². The predicted octanol–water partition coefficient (Wildman–Crippen LogP) is 6.07. The predicted molar refractivity (Wildman–Crippen MR) is 154 cm³/mol. The number of pyridine rings is 2. The van der Waals surface area contributed by atoms with Crippen LogP contribution in [0.15, 0.2) is 42.7 Å². The molecule has 1 aromatic carbocycles. The highest BCUT2D eigenvalue weighted by Crippen LogP contribution is 2.49. The van der Waals surface area contributed by atoms with Crippen molar-refractivity contribution >= 4 is 22.2 Å². The fourth-order valence-electron chi connectivity index (χ4n) is 5.94. The molecule has 5 rings (SSSR count). The van der Waals surface area contributed by atoms with Crippen molar-refractivity contribution in [2.24, 2.45) is 5.92 Å². The summed E-state index contributed by atoms with van der Waals surface area (Å²) in [6.07, 6.45) is 3.54. The molecule has 4 atom stereocenters. The summed E-state index contributed by atoms with van der Waals surface area (Å²) in [6, 6.07) is 5.95. The van der Waals surface area contributed by atoms with Crippen LogP contribution in [-0.4, -0.2) is 58.4 Å². The number of carbonyl (C=O) groups is 1. The third kappa shape index (κ3) is 6.04. The quantitative estimate of drug-likeness (QED) is 0.238. The van der Waals surface area contributed by atoms with Crippen molar-refractivity contribution in [2.75, 3.05) is 16.8 Å². The lowest BCUT2D eigenvalue weighted by atomic mass is 9.69. The highest BCUT2D eigenvalue weighted by atomic mass is 32.3. The molecule has 1 saturated heterocycles. The summed E-state index contributed by atoms with van der Waals surface area (Å²) in [4.78, 5) is 21.3. The van der Waals surface area contributed by atoms with Gasteiger partial charge in [0.2, 0.25) is 0 Å². The molecule has 1 saturated carbocycles. The van der Waals surface area contributed by atoms with Gasteiger partial charge in [0.05, 0.1) is 29.2 Å². The summed E-state index contributed by atoms with van der Waals surface area (Å²) >= 11 is 0. The van der Waals surface area contributed by atoms with E-state index < -0.39 is 56.9 Å². The standard InChI is InChI=1S/C30H34F3N3O5S/c1-16-11-19(14-26(37)30(16,2)39)20-5-8-34-15-25(20)36-29(38)24-4-3-21(31)28(35-24)27-22(32)12-18(13-23(27)33)17-6-9-42(40,41)10-7-17/h3-5,8,12-13,15-17,19,26,37,39-41H,6-7,9-11,14H2,1-2H3,(H,36,38)/t16-,19+,26+,30-/m0/s1. The Balaban J connectivity index is 1.39. The number of carbonyl (C=O) groups excluding carboxylic acids is 1. The van der Waals surface area contributed by atoms with Crippen LogP contribution in [0.25, 0.3) is 11.3 Å². The summed E-state index contributed by atoms with van der Waals surface area (Å²) in [5, 5.41) is 23.8. The normalized spacial score (nSPS) is 26.9. The van der Waals surface area contributed by atoms with E-state index in [1.807, 2.05) is 6.92 Å². The number of aromatic nitrogens is 2. The number of nitrogens with one attached hydrogen (secondary N) is 1. The van der Waals surface area contributed by atoms with E-state index in [4.69, 9.17) is 0 Å². The van der Waals surface area contributed by atoms with E-state index in [0.717, 1.165) is 24.3 Å². The number of halogens is 3. The Hall–Kier alpha value is -3.03. The van der Waals surface area contributed by atoms with Crippen LogP contribution in [0.5, 0.6) is 0 Å². The molecule has 1 aliphatic heterocycles. The van der Waals surface area contributed by atoms with Crippen molar-refractivity contribution < 1.29 is 37.3 Å². The second-order valence-electron chi connectivity index (χ2n) is 11.6. The van der Waals surface area contributed by atoms with E-state index in [1.165, 1.54) is 6.20 Å². The van der Waals surface area contributed by atoms with E-state index in [0.29, 0.717) is 36.1 Å². The summed E-state index contributed by atoms with van der Waals surface area (Å²) < 4.78 is 65.0. The van der Waals surface area contributed by atoms with Crippen LogP contribution in [0, 0.1) is 23.4 Å². The Kier molecular flexibility index (Phi) is 8.38. The van der Waals surface area contributed by atoms with Gasteiger partial charge >= 0.3 is 0 Å². The van der Waals surface area contributed by atoms with Crippen molar-refractivity contribution in [3.8, 4) is 11.3 Å². The number of hydrogen-bond acceptors (Lipinski definition) is 7. The van der Waals surface area contributed by atoms with Crippen LogP contribution in [0.1, 0.15) is 73.0 Å². The average molecular weight is 606 g/mol. The topological polar surface area (TPSA) is 136 Å². The fourth-order valence-corrected chi connectivity index (χ4v) is 7.47. The first-order chi connectivity index (χ1) is 19.8. The average Bonchev–Trinajstić information content (AvgIpc) is 2.92. The lowest BCUT2D eigenvalue weighted by Gasteiger charge is -2.43. The number of rotatable bonds is 5. The van der Waals surface area contributed by atoms with Crippen molar-refractivity contribution in [1.82, 2.24) is 9.97 Å². The van der Waals surface area contributed by atoms with Gasteiger partial charge in [0.15, 0.2) is 0 Å². The first-order valence-corrected chi connectivity index (χ1v) is 15.7. The Bertz CT molecular complexity index is 1460. The van der Waals surface area contributed by atoms with E-state index in [1.54, 1.807) is 19.2 Å². The first-order valence-electron chi connectivity index (χ1n) is 13.8. The minimum atomic E-state index is -2.67. The summed E-state index contributed by atoms with van der Waals surface area (Å²) in [5.74, 6) is -4.23. The zero-order chi connectivity index (χ0) is 30.4. The molecule has 1 amide bonds. The Morgan fingerprint density at radius 2 is 1.69 bits per heavy atom. The Morgan fingerprint density at radius 1 is 1.02 bits per heavy atom. The minimum absolute atomic E-state index is 0.149. The molecule has 0 unspecified atom stereocenters. The summed E-state index contributed by atoms with van der Waals surface area (Å²) in [7, 11) is -2.67. The summed E-state index contributed by atoms with van der Waals surface area (Å²) in [6.45, 7) is 3.44. The van der Waals surface area contributed by atoms with Gasteiger partial charge in [0, 0.05) is 17.7 Å². The number of benzene rings is 1. The molecule has 226 valence electrons. The Morgan fingerprint density at radius 3 is 2.33 bits per heavy atom. The van der Waals surface area contributed by atoms with Gasteiger partial charge in [-0.15, -0.1) is 0 Å². The Labute approximate surface area is 243 Å². The zero-order valence-corrected chi connectivity index (χ0v) is 24.0. The maximum absolute atomic E-state index is 15.3. The second kappa shape index (κ2) is 11.6. The maximum atomic E-state index is 15.3. The molecule has 1 aliphatic carbocycles. The third-order valence-electron chi connectivity index (χ3n) is 8.80.